The van der Waals surface area contributed by atoms with Gasteiger partial charge in [-0.3, -0.25) is 0 Å². The van der Waals surface area contributed by atoms with Crippen molar-refractivity contribution in [2.75, 3.05) is 13.7 Å². The molecule has 27 heavy (non-hydrogen) atoms. The van der Waals surface area contributed by atoms with Gasteiger partial charge in [-0.15, -0.1) is 0 Å². The fourth-order valence-corrected chi connectivity index (χ4v) is 2.83. The van der Waals surface area contributed by atoms with E-state index in [-0.39, 0.29) is 6.61 Å². The topological polar surface area (TPSA) is 50.7 Å². The molecule has 0 bridgehead atoms. The molecule has 4 nitrogen and oxygen atoms in total. The van der Waals surface area contributed by atoms with Gasteiger partial charge in [-0.05, 0) is 28.8 Å². The highest BCUT2D eigenvalue weighted by atomic mass is 16.5. The Bertz CT molecular complexity index is 822. The van der Waals surface area contributed by atoms with Crippen LogP contribution >= 0.6 is 0 Å². The molecule has 3 aromatic rings. The zero-order valence-electron chi connectivity index (χ0n) is 15.5. The van der Waals surface area contributed by atoms with E-state index in [4.69, 9.17) is 9.47 Å². The average molecular weight is 363 g/mol. The highest BCUT2D eigenvalue weighted by molar-refractivity contribution is 5.43. The van der Waals surface area contributed by atoms with Gasteiger partial charge in [0.1, 0.15) is 12.7 Å². The first-order valence-corrected chi connectivity index (χ1v) is 9.03. The maximum Gasteiger partial charge on any atom is 0.161 e. The zero-order valence-corrected chi connectivity index (χ0v) is 15.5. The lowest BCUT2D eigenvalue weighted by Gasteiger charge is -2.15. The Morgan fingerprint density at radius 1 is 0.815 bits per heavy atom. The van der Waals surface area contributed by atoms with Crippen LogP contribution in [0, 0.1) is 0 Å². The van der Waals surface area contributed by atoms with Gasteiger partial charge in [-0.2, -0.15) is 0 Å². The normalized spacial score (nSPS) is 11.8. The molecule has 0 aromatic heterocycles. The van der Waals surface area contributed by atoms with Crippen molar-refractivity contribution in [3.05, 3.63) is 95.6 Å². The van der Waals surface area contributed by atoms with Crippen molar-refractivity contribution in [2.24, 2.45) is 0 Å². The molecule has 4 heteroatoms. The van der Waals surface area contributed by atoms with Gasteiger partial charge in [0.15, 0.2) is 11.5 Å². The predicted molar refractivity (Wildman–Crippen MR) is 107 cm³/mol. The second-order valence-electron chi connectivity index (χ2n) is 6.31. The first-order valence-electron chi connectivity index (χ1n) is 9.03. The van der Waals surface area contributed by atoms with Crippen LogP contribution in [0.4, 0.5) is 0 Å². The average Bonchev–Trinajstić information content (AvgIpc) is 2.73. The molecule has 0 aliphatic carbocycles. The fraction of sp³-hybridized carbons (Fsp3) is 0.217. The highest BCUT2D eigenvalue weighted by Gasteiger charge is 2.11. The van der Waals surface area contributed by atoms with E-state index in [0.29, 0.717) is 11.5 Å². The van der Waals surface area contributed by atoms with Crippen LogP contribution in [0.3, 0.4) is 0 Å². The van der Waals surface area contributed by atoms with E-state index in [9.17, 15) is 5.11 Å². The second kappa shape index (κ2) is 9.76. The number of aliphatic hydroxyl groups is 1. The number of rotatable bonds is 9. The summed E-state index contributed by atoms with van der Waals surface area (Å²) in [6.07, 6.45) is -0.678. The van der Waals surface area contributed by atoms with Gasteiger partial charge in [0.2, 0.25) is 0 Å². The SMILES string of the molecule is COc1cc(CNCc2ccccc2)ccc1OC[C@H](O)c1ccccc1. The minimum atomic E-state index is -0.678. The van der Waals surface area contributed by atoms with Gasteiger partial charge >= 0.3 is 0 Å². The molecule has 0 spiro atoms. The summed E-state index contributed by atoms with van der Waals surface area (Å²) in [7, 11) is 1.62. The standard InChI is InChI=1S/C23H25NO3/c1-26-23-14-19(16-24-15-18-8-4-2-5-9-18)12-13-22(23)27-17-21(25)20-10-6-3-7-11-20/h2-14,21,24-25H,15-17H2,1H3/t21-/m0/s1. The molecule has 0 aliphatic heterocycles. The molecule has 0 amide bonds. The third-order valence-corrected chi connectivity index (χ3v) is 4.31. The van der Waals surface area contributed by atoms with Crippen molar-refractivity contribution in [3.63, 3.8) is 0 Å². The van der Waals surface area contributed by atoms with Gasteiger partial charge < -0.3 is 19.9 Å². The Kier molecular flexibility index (Phi) is 6.85. The van der Waals surface area contributed by atoms with E-state index in [1.54, 1.807) is 7.11 Å². The van der Waals surface area contributed by atoms with Crippen molar-refractivity contribution in [3.8, 4) is 11.5 Å². The molecule has 3 rings (SSSR count). The summed E-state index contributed by atoms with van der Waals surface area (Å²) in [5.41, 5.74) is 3.19. The molecule has 0 aliphatic rings. The van der Waals surface area contributed by atoms with Crippen molar-refractivity contribution < 1.29 is 14.6 Å². The molecule has 0 unspecified atom stereocenters. The maximum atomic E-state index is 10.2. The van der Waals surface area contributed by atoms with E-state index in [2.05, 4.69) is 17.4 Å². The van der Waals surface area contributed by atoms with Crippen LogP contribution in [0.15, 0.2) is 78.9 Å². The van der Waals surface area contributed by atoms with Crippen molar-refractivity contribution >= 4 is 0 Å². The summed E-state index contributed by atoms with van der Waals surface area (Å²) in [4.78, 5) is 0. The van der Waals surface area contributed by atoms with Crippen LogP contribution in [0.25, 0.3) is 0 Å². The van der Waals surface area contributed by atoms with Crippen LogP contribution in [0.1, 0.15) is 22.8 Å². The first-order chi connectivity index (χ1) is 13.3. The van der Waals surface area contributed by atoms with E-state index in [1.807, 2.05) is 66.7 Å². The number of ether oxygens (including phenoxy) is 2. The second-order valence-corrected chi connectivity index (χ2v) is 6.31. The molecule has 0 heterocycles. The lowest BCUT2D eigenvalue weighted by molar-refractivity contribution is 0.106. The third-order valence-electron chi connectivity index (χ3n) is 4.31. The van der Waals surface area contributed by atoms with Crippen LogP contribution in [-0.2, 0) is 13.1 Å². The summed E-state index contributed by atoms with van der Waals surface area (Å²) in [6.45, 7) is 1.72. The Morgan fingerprint density at radius 2 is 1.48 bits per heavy atom. The summed E-state index contributed by atoms with van der Waals surface area (Å²) in [5, 5.41) is 13.7. The van der Waals surface area contributed by atoms with Crippen molar-refractivity contribution in [1.82, 2.24) is 5.32 Å². The van der Waals surface area contributed by atoms with Crippen LogP contribution in [0.5, 0.6) is 11.5 Å². The maximum absolute atomic E-state index is 10.2. The molecule has 0 saturated heterocycles. The van der Waals surface area contributed by atoms with Gasteiger partial charge in [0.25, 0.3) is 0 Å². The monoisotopic (exact) mass is 363 g/mol. The Morgan fingerprint density at radius 3 is 2.19 bits per heavy atom. The Labute approximate surface area is 160 Å². The summed E-state index contributed by atoms with van der Waals surface area (Å²) in [6, 6.07) is 25.6. The molecule has 1 atom stereocenters. The number of hydrogen-bond donors (Lipinski definition) is 2. The molecule has 2 N–H and O–H groups in total. The summed E-state index contributed by atoms with van der Waals surface area (Å²) in [5.74, 6) is 1.29. The Balaban J connectivity index is 1.55. The molecular formula is C23H25NO3. The van der Waals surface area contributed by atoms with Crippen molar-refractivity contribution in [1.29, 1.82) is 0 Å². The fourth-order valence-electron chi connectivity index (χ4n) is 2.83. The summed E-state index contributed by atoms with van der Waals surface area (Å²) < 4.78 is 11.2. The largest absolute Gasteiger partial charge is 0.493 e. The van der Waals surface area contributed by atoms with Gasteiger partial charge in [-0.1, -0.05) is 66.7 Å². The first kappa shape index (κ1) is 19.0. The Hall–Kier alpha value is -2.82. The number of aliphatic hydroxyl groups excluding tert-OH is 1. The van der Waals surface area contributed by atoms with E-state index >= 15 is 0 Å². The van der Waals surface area contributed by atoms with Gasteiger partial charge in [-0.25, -0.2) is 0 Å². The molecule has 0 saturated carbocycles. The highest BCUT2D eigenvalue weighted by Crippen LogP contribution is 2.29. The minimum Gasteiger partial charge on any atom is -0.493 e. The number of hydrogen-bond acceptors (Lipinski definition) is 4. The lowest BCUT2D eigenvalue weighted by Crippen LogP contribution is -2.13. The van der Waals surface area contributed by atoms with Gasteiger partial charge in [0, 0.05) is 13.1 Å². The smallest absolute Gasteiger partial charge is 0.161 e. The lowest BCUT2D eigenvalue weighted by atomic mass is 10.1. The van der Waals surface area contributed by atoms with Crippen LogP contribution in [0.2, 0.25) is 0 Å². The third kappa shape index (κ3) is 5.58. The molecule has 3 aromatic carbocycles. The van der Waals surface area contributed by atoms with E-state index < -0.39 is 6.10 Å². The van der Waals surface area contributed by atoms with Crippen LogP contribution < -0.4 is 14.8 Å². The zero-order chi connectivity index (χ0) is 18.9. The molecule has 0 fully saturated rings. The molecule has 0 radical (unpaired) electrons. The number of benzene rings is 3. The molecular weight excluding hydrogens is 338 g/mol. The van der Waals surface area contributed by atoms with Crippen molar-refractivity contribution in [2.45, 2.75) is 19.2 Å². The molecule has 140 valence electrons. The predicted octanol–water partition coefficient (Wildman–Crippen LogP) is 4.10. The van der Waals surface area contributed by atoms with E-state index in [0.717, 1.165) is 24.2 Å². The van der Waals surface area contributed by atoms with Gasteiger partial charge in [0.05, 0.1) is 7.11 Å². The van der Waals surface area contributed by atoms with Crippen LogP contribution in [-0.4, -0.2) is 18.8 Å². The number of nitrogens with one attached hydrogen (secondary N) is 1. The minimum absolute atomic E-state index is 0.173. The van der Waals surface area contributed by atoms with E-state index in [1.165, 1.54) is 5.56 Å². The quantitative estimate of drug-likeness (QED) is 0.601. The number of methoxy groups -OCH3 is 1. The summed E-state index contributed by atoms with van der Waals surface area (Å²) >= 11 is 0.